The molecular weight excluding hydrogens is 516 g/mol. The van der Waals surface area contributed by atoms with Gasteiger partial charge in [0.15, 0.2) is 0 Å². The Labute approximate surface area is 234 Å². The lowest BCUT2D eigenvalue weighted by Gasteiger charge is -2.15. The molecule has 2 rings (SSSR count). The van der Waals surface area contributed by atoms with E-state index in [9.17, 15) is 19.2 Å². The lowest BCUT2D eigenvalue weighted by atomic mass is 10.1. The molecule has 214 valence electrons. The van der Waals surface area contributed by atoms with E-state index in [0.29, 0.717) is 25.7 Å². The van der Waals surface area contributed by atoms with Crippen molar-refractivity contribution in [2.45, 2.75) is 64.8 Å². The summed E-state index contributed by atoms with van der Waals surface area (Å²) in [4.78, 5) is 48.3. The van der Waals surface area contributed by atoms with Crippen molar-refractivity contribution >= 4 is 24.1 Å². The Balaban J connectivity index is 1.56. The topological polar surface area (TPSA) is 129 Å². The van der Waals surface area contributed by atoms with Crippen LogP contribution >= 0.6 is 0 Å². The maximum atomic E-state index is 12.2. The second-order valence-corrected chi connectivity index (χ2v) is 8.98. The summed E-state index contributed by atoms with van der Waals surface area (Å²) in [5.74, 6) is -0.843. The number of allylic oxidation sites excluding steroid dienone is 2. The van der Waals surface area contributed by atoms with Gasteiger partial charge >= 0.3 is 24.1 Å². The molecule has 0 fully saturated rings. The summed E-state index contributed by atoms with van der Waals surface area (Å²) in [6, 6.07) is 16.5. The van der Waals surface area contributed by atoms with Gasteiger partial charge in [0.2, 0.25) is 0 Å². The summed E-state index contributed by atoms with van der Waals surface area (Å²) in [5, 5.41) is 4.84. The predicted octanol–water partition coefficient (Wildman–Crippen LogP) is 5.29. The summed E-state index contributed by atoms with van der Waals surface area (Å²) in [6.07, 6.45) is 0.459. The van der Waals surface area contributed by atoms with Gasteiger partial charge in [-0.15, -0.1) is 0 Å². The average molecular weight is 553 g/mol. The van der Waals surface area contributed by atoms with Crippen molar-refractivity contribution in [3.8, 4) is 0 Å². The second kappa shape index (κ2) is 17.1. The van der Waals surface area contributed by atoms with Crippen molar-refractivity contribution in [3.05, 3.63) is 96.5 Å². The van der Waals surface area contributed by atoms with Crippen molar-refractivity contribution in [1.82, 2.24) is 10.6 Å². The predicted molar refractivity (Wildman–Crippen MR) is 147 cm³/mol. The van der Waals surface area contributed by atoms with E-state index in [1.807, 2.05) is 60.7 Å². The van der Waals surface area contributed by atoms with Crippen molar-refractivity contribution in [3.63, 3.8) is 0 Å². The molecule has 0 heterocycles. The molecule has 2 aromatic rings. The van der Waals surface area contributed by atoms with E-state index in [4.69, 9.17) is 18.9 Å². The maximum absolute atomic E-state index is 12.2. The highest BCUT2D eigenvalue weighted by atomic mass is 16.6. The zero-order valence-electron chi connectivity index (χ0n) is 22.9. The fourth-order valence-corrected chi connectivity index (χ4v) is 3.21. The first-order valence-electron chi connectivity index (χ1n) is 12.9. The largest absolute Gasteiger partial charge is 0.445 e. The number of ether oxygens (including phenoxy) is 4. The Morgan fingerprint density at radius 1 is 0.650 bits per heavy atom. The van der Waals surface area contributed by atoms with Crippen molar-refractivity contribution in [2.24, 2.45) is 0 Å². The first kappa shape index (κ1) is 31.6. The van der Waals surface area contributed by atoms with Crippen LogP contribution < -0.4 is 10.6 Å². The van der Waals surface area contributed by atoms with Crippen LogP contribution in [0.5, 0.6) is 0 Å². The monoisotopic (exact) mass is 552 g/mol. The Kier molecular flexibility index (Phi) is 13.5. The minimum atomic E-state index is -0.926. The molecule has 0 radical (unpaired) electrons. The van der Waals surface area contributed by atoms with Gasteiger partial charge in [0.05, 0.1) is 0 Å². The van der Waals surface area contributed by atoms with Crippen LogP contribution in [0.15, 0.2) is 85.3 Å². The molecule has 2 N–H and O–H groups in total. The van der Waals surface area contributed by atoms with E-state index < -0.39 is 36.2 Å². The highest BCUT2D eigenvalue weighted by Crippen LogP contribution is 2.14. The van der Waals surface area contributed by atoms with E-state index >= 15 is 0 Å². The molecular formula is C30H36N2O8. The number of carbonyl (C=O) groups is 4. The molecule has 2 aromatic carbocycles. The van der Waals surface area contributed by atoms with E-state index in [-0.39, 0.29) is 24.7 Å². The standard InChI is InChI=1S/C30H36N2O8/c1-21(39-27(33)23(3)31-29(35)37-19-25-15-7-5-8-16-25)13-11-12-14-22(2)40-28(34)24(4)32-30(36)38-20-26-17-9-6-10-18-26/h5-10,15-18,23-24H,1-2,11-14,19-20H2,3-4H3,(H,31,35)(H,32,36)/t23-,24-/m0/s1. The number of amides is 2. The van der Waals surface area contributed by atoms with Gasteiger partial charge in [-0.2, -0.15) is 0 Å². The number of unbranched alkanes of at least 4 members (excludes halogenated alkanes) is 1. The SMILES string of the molecule is C=C(CCCCC(=C)OC(=O)[C@H](C)NC(=O)OCc1ccccc1)OC(=O)[C@H](C)NC(=O)OCc1ccccc1. The van der Waals surface area contributed by atoms with Crippen LogP contribution in [0.4, 0.5) is 9.59 Å². The van der Waals surface area contributed by atoms with Crippen LogP contribution in [-0.2, 0) is 41.8 Å². The normalized spacial score (nSPS) is 11.8. The lowest BCUT2D eigenvalue weighted by molar-refractivity contribution is -0.142. The molecule has 0 aromatic heterocycles. The molecule has 40 heavy (non-hydrogen) atoms. The number of hydrogen-bond donors (Lipinski definition) is 2. The molecule has 0 aliphatic rings. The molecule has 10 nitrogen and oxygen atoms in total. The Bertz CT molecular complexity index is 1060. The average Bonchev–Trinajstić information content (AvgIpc) is 2.94. The number of nitrogens with one attached hydrogen (secondary N) is 2. The van der Waals surface area contributed by atoms with Gasteiger partial charge in [0.25, 0.3) is 0 Å². The third-order valence-electron chi connectivity index (χ3n) is 5.45. The fraction of sp³-hybridized carbons (Fsp3) is 0.333. The molecule has 2 amide bonds. The molecule has 0 bridgehead atoms. The van der Waals surface area contributed by atoms with E-state index in [2.05, 4.69) is 23.8 Å². The first-order valence-corrected chi connectivity index (χ1v) is 12.9. The summed E-state index contributed by atoms with van der Waals surface area (Å²) in [7, 11) is 0. The third-order valence-corrected chi connectivity index (χ3v) is 5.45. The highest BCUT2D eigenvalue weighted by molar-refractivity contribution is 5.82. The van der Waals surface area contributed by atoms with Crippen LogP contribution in [0, 0.1) is 0 Å². The molecule has 2 atom stereocenters. The van der Waals surface area contributed by atoms with Crippen LogP contribution in [-0.4, -0.2) is 36.2 Å². The molecule has 0 spiro atoms. The summed E-state index contributed by atoms with van der Waals surface area (Å²) in [6.45, 7) is 10.6. The maximum Gasteiger partial charge on any atom is 0.408 e. The number of benzene rings is 2. The Hall–Kier alpha value is -4.60. The van der Waals surface area contributed by atoms with Crippen LogP contribution in [0.3, 0.4) is 0 Å². The number of hydrogen-bond acceptors (Lipinski definition) is 8. The number of rotatable bonds is 15. The number of alkyl carbamates (subject to hydrolysis) is 2. The van der Waals surface area contributed by atoms with Gasteiger partial charge < -0.3 is 29.6 Å². The van der Waals surface area contributed by atoms with Crippen molar-refractivity contribution < 1.29 is 38.1 Å². The van der Waals surface area contributed by atoms with Crippen LogP contribution in [0.1, 0.15) is 50.7 Å². The van der Waals surface area contributed by atoms with Crippen molar-refractivity contribution in [2.75, 3.05) is 0 Å². The Morgan fingerprint density at radius 3 is 1.35 bits per heavy atom. The second-order valence-electron chi connectivity index (χ2n) is 8.98. The van der Waals surface area contributed by atoms with Gasteiger partial charge in [-0.3, -0.25) is 0 Å². The summed E-state index contributed by atoms with van der Waals surface area (Å²) >= 11 is 0. The minimum absolute atomic E-state index is 0.0818. The quantitative estimate of drug-likeness (QED) is 0.132. The van der Waals surface area contributed by atoms with E-state index in [0.717, 1.165) is 11.1 Å². The minimum Gasteiger partial charge on any atom is -0.445 e. The highest BCUT2D eigenvalue weighted by Gasteiger charge is 2.20. The summed E-state index contributed by atoms with van der Waals surface area (Å²) < 4.78 is 20.6. The fourth-order valence-electron chi connectivity index (χ4n) is 3.21. The molecule has 0 saturated carbocycles. The molecule has 0 saturated heterocycles. The van der Waals surface area contributed by atoms with Gasteiger partial charge in [-0.05, 0) is 37.8 Å². The van der Waals surface area contributed by atoms with Gasteiger partial charge in [-0.1, -0.05) is 73.8 Å². The van der Waals surface area contributed by atoms with Crippen molar-refractivity contribution in [1.29, 1.82) is 0 Å². The zero-order valence-corrected chi connectivity index (χ0v) is 22.9. The van der Waals surface area contributed by atoms with Crippen LogP contribution in [0.2, 0.25) is 0 Å². The van der Waals surface area contributed by atoms with E-state index in [1.54, 1.807) is 0 Å². The molecule has 10 heteroatoms. The van der Waals surface area contributed by atoms with Gasteiger partial charge in [-0.25, -0.2) is 19.2 Å². The lowest BCUT2D eigenvalue weighted by Crippen LogP contribution is -2.39. The zero-order chi connectivity index (χ0) is 29.3. The molecule has 0 aliphatic carbocycles. The number of esters is 2. The molecule has 0 aliphatic heterocycles. The van der Waals surface area contributed by atoms with Crippen LogP contribution in [0.25, 0.3) is 0 Å². The van der Waals surface area contributed by atoms with E-state index in [1.165, 1.54) is 13.8 Å². The third kappa shape index (κ3) is 12.8. The van der Waals surface area contributed by atoms with Gasteiger partial charge in [0, 0.05) is 12.8 Å². The molecule has 0 unspecified atom stereocenters. The van der Waals surface area contributed by atoms with Gasteiger partial charge in [0.1, 0.15) is 36.8 Å². The Morgan fingerprint density at radius 2 is 1.00 bits per heavy atom. The summed E-state index contributed by atoms with van der Waals surface area (Å²) in [5.41, 5.74) is 1.65. The number of carbonyl (C=O) groups excluding carboxylic acids is 4. The first-order chi connectivity index (χ1) is 19.1. The smallest absolute Gasteiger partial charge is 0.408 e.